The van der Waals surface area contributed by atoms with Crippen LogP contribution in [0.1, 0.15) is 12.8 Å². The lowest BCUT2D eigenvalue weighted by molar-refractivity contribution is -0.119. The maximum absolute atomic E-state index is 13.2. The van der Waals surface area contributed by atoms with Gasteiger partial charge in [0.05, 0.1) is 35.6 Å². The third-order valence-corrected chi connectivity index (χ3v) is 5.90. The Hall–Kier alpha value is -2.84. The van der Waals surface area contributed by atoms with Gasteiger partial charge in [0.15, 0.2) is 5.16 Å². The molecule has 1 atom stereocenters. The predicted octanol–water partition coefficient (Wildman–Crippen LogP) is 2.78. The Morgan fingerprint density at radius 3 is 2.80 bits per heavy atom. The van der Waals surface area contributed by atoms with Gasteiger partial charge in [-0.1, -0.05) is 23.9 Å². The summed E-state index contributed by atoms with van der Waals surface area (Å²) in [5, 5.41) is 3.90. The molecule has 30 heavy (non-hydrogen) atoms. The number of rotatable bonds is 7. The summed E-state index contributed by atoms with van der Waals surface area (Å²) < 4.78 is 12.3. The molecule has 7 nitrogen and oxygen atoms in total. The maximum atomic E-state index is 13.2. The number of carbonyl (C=O) groups is 1. The van der Waals surface area contributed by atoms with Gasteiger partial charge in [0.25, 0.3) is 5.56 Å². The zero-order valence-electron chi connectivity index (χ0n) is 16.7. The quantitative estimate of drug-likeness (QED) is 0.463. The van der Waals surface area contributed by atoms with Crippen LogP contribution in [-0.4, -0.2) is 47.6 Å². The second-order valence-electron chi connectivity index (χ2n) is 6.98. The zero-order chi connectivity index (χ0) is 20.9. The number of para-hydroxylation sites is 1. The molecular weight excluding hydrogens is 402 g/mol. The molecule has 4 rings (SSSR count). The number of nitrogens with zero attached hydrogens (tertiary/aromatic N) is 2. The lowest BCUT2D eigenvalue weighted by atomic mass is 10.2. The minimum Gasteiger partial charge on any atom is -0.497 e. The van der Waals surface area contributed by atoms with Crippen LogP contribution in [0.4, 0.5) is 0 Å². The van der Waals surface area contributed by atoms with Crippen LogP contribution in [0, 0.1) is 0 Å². The molecule has 1 aromatic heterocycles. The van der Waals surface area contributed by atoms with E-state index >= 15 is 0 Å². The van der Waals surface area contributed by atoms with Crippen LogP contribution in [0.2, 0.25) is 0 Å². The summed E-state index contributed by atoms with van der Waals surface area (Å²) >= 11 is 1.24. The molecular formula is C22H23N3O4S. The molecule has 0 saturated carbocycles. The monoisotopic (exact) mass is 425 g/mol. The third kappa shape index (κ3) is 4.49. The van der Waals surface area contributed by atoms with Crippen molar-refractivity contribution in [3.05, 3.63) is 58.9 Å². The number of fused-ring (bicyclic) bond motifs is 1. The summed E-state index contributed by atoms with van der Waals surface area (Å²) in [6, 6.07) is 14.4. The Labute approximate surface area is 178 Å². The lowest BCUT2D eigenvalue weighted by Gasteiger charge is -2.14. The molecule has 8 heteroatoms. The second kappa shape index (κ2) is 9.32. The van der Waals surface area contributed by atoms with Gasteiger partial charge >= 0.3 is 0 Å². The molecule has 2 heterocycles. The highest BCUT2D eigenvalue weighted by atomic mass is 32.2. The summed E-state index contributed by atoms with van der Waals surface area (Å²) in [5.41, 5.74) is 1.10. The van der Waals surface area contributed by atoms with Crippen molar-refractivity contribution in [2.45, 2.75) is 24.1 Å². The Balaban J connectivity index is 1.60. The average molecular weight is 426 g/mol. The highest BCUT2D eigenvalue weighted by Gasteiger charge is 2.18. The minimum absolute atomic E-state index is 0.0928. The summed E-state index contributed by atoms with van der Waals surface area (Å²) in [4.78, 5) is 30.2. The third-order valence-electron chi connectivity index (χ3n) is 4.96. The molecule has 2 aromatic carbocycles. The van der Waals surface area contributed by atoms with Crippen LogP contribution in [-0.2, 0) is 9.53 Å². The Kier molecular flexibility index (Phi) is 6.35. The molecule has 0 radical (unpaired) electrons. The van der Waals surface area contributed by atoms with Crippen LogP contribution < -0.4 is 15.6 Å². The van der Waals surface area contributed by atoms with Gasteiger partial charge in [0, 0.05) is 13.2 Å². The Morgan fingerprint density at radius 1 is 1.27 bits per heavy atom. The topological polar surface area (TPSA) is 82.4 Å². The first-order chi connectivity index (χ1) is 14.7. The van der Waals surface area contributed by atoms with Gasteiger partial charge in [-0.15, -0.1) is 0 Å². The summed E-state index contributed by atoms with van der Waals surface area (Å²) in [5.74, 6) is 0.746. The molecule has 1 saturated heterocycles. The molecule has 1 aliphatic heterocycles. The molecule has 0 unspecified atom stereocenters. The van der Waals surface area contributed by atoms with Crippen LogP contribution >= 0.6 is 11.8 Å². The fourth-order valence-electron chi connectivity index (χ4n) is 3.38. The van der Waals surface area contributed by atoms with Crippen LogP contribution in [0.25, 0.3) is 16.6 Å². The normalized spacial score (nSPS) is 16.0. The minimum atomic E-state index is -0.173. The number of benzene rings is 2. The molecule has 1 fully saturated rings. The molecule has 1 aliphatic rings. The van der Waals surface area contributed by atoms with E-state index in [1.807, 2.05) is 12.1 Å². The second-order valence-corrected chi connectivity index (χ2v) is 7.92. The number of aromatic nitrogens is 2. The number of nitrogens with one attached hydrogen (secondary N) is 1. The van der Waals surface area contributed by atoms with Crippen molar-refractivity contribution in [3.8, 4) is 11.4 Å². The number of ether oxygens (including phenoxy) is 2. The van der Waals surface area contributed by atoms with Gasteiger partial charge in [-0.3, -0.25) is 14.2 Å². The van der Waals surface area contributed by atoms with E-state index in [4.69, 9.17) is 9.47 Å². The number of hydrogen-bond donors (Lipinski definition) is 1. The fourth-order valence-corrected chi connectivity index (χ4v) is 4.22. The van der Waals surface area contributed by atoms with Gasteiger partial charge in [-0.25, -0.2) is 4.98 Å². The van der Waals surface area contributed by atoms with E-state index in [2.05, 4.69) is 10.3 Å². The highest BCUT2D eigenvalue weighted by molar-refractivity contribution is 7.99. The molecule has 1 N–H and O–H groups in total. The molecule has 0 bridgehead atoms. The first-order valence-corrected chi connectivity index (χ1v) is 10.8. The smallest absolute Gasteiger partial charge is 0.266 e. The van der Waals surface area contributed by atoms with Crippen molar-refractivity contribution >= 4 is 28.6 Å². The zero-order valence-corrected chi connectivity index (χ0v) is 17.5. The Morgan fingerprint density at radius 2 is 2.07 bits per heavy atom. The number of amides is 1. The average Bonchev–Trinajstić information content (AvgIpc) is 3.30. The van der Waals surface area contributed by atoms with Crippen molar-refractivity contribution in [1.82, 2.24) is 14.9 Å². The van der Waals surface area contributed by atoms with E-state index in [0.29, 0.717) is 34.0 Å². The standard InChI is InChI=1S/C22H23N3O4S/c1-28-16-10-8-15(9-11-16)25-21(27)18-6-2-3-7-19(18)24-22(25)30-14-20(26)23-13-17-5-4-12-29-17/h2-3,6-11,17H,4-5,12-14H2,1H3,(H,23,26)/t17-/m1/s1. The van der Waals surface area contributed by atoms with Crippen LogP contribution in [0.5, 0.6) is 5.75 Å². The van der Waals surface area contributed by atoms with Crippen molar-refractivity contribution in [1.29, 1.82) is 0 Å². The van der Waals surface area contributed by atoms with E-state index in [-0.39, 0.29) is 23.3 Å². The van der Waals surface area contributed by atoms with Crippen molar-refractivity contribution < 1.29 is 14.3 Å². The Bertz CT molecular complexity index is 1090. The highest BCUT2D eigenvalue weighted by Crippen LogP contribution is 2.22. The van der Waals surface area contributed by atoms with E-state index in [0.717, 1.165) is 19.4 Å². The van der Waals surface area contributed by atoms with E-state index in [1.54, 1.807) is 48.1 Å². The molecule has 156 valence electrons. The number of carbonyl (C=O) groups excluding carboxylic acids is 1. The van der Waals surface area contributed by atoms with Crippen LogP contribution in [0.3, 0.4) is 0 Å². The maximum Gasteiger partial charge on any atom is 0.266 e. The largest absolute Gasteiger partial charge is 0.497 e. The van der Waals surface area contributed by atoms with Gasteiger partial charge in [0.2, 0.25) is 5.91 Å². The summed E-state index contributed by atoms with van der Waals surface area (Å²) in [7, 11) is 1.59. The van der Waals surface area contributed by atoms with E-state index in [9.17, 15) is 9.59 Å². The van der Waals surface area contributed by atoms with Gasteiger partial charge in [0.1, 0.15) is 5.75 Å². The number of thioether (sulfide) groups is 1. The van der Waals surface area contributed by atoms with E-state index < -0.39 is 0 Å². The molecule has 0 aliphatic carbocycles. The predicted molar refractivity (Wildman–Crippen MR) is 117 cm³/mol. The van der Waals surface area contributed by atoms with Gasteiger partial charge in [-0.2, -0.15) is 0 Å². The van der Waals surface area contributed by atoms with Crippen molar-refractivity contribution in [2.75, 3.05) is 26.0 Å². The SMILES string of the molecule is COc1ccc(-n2c(SCC(=O)NC[C@H]3CCCO3)nc3ccccc3c2=O)cc1. The van der Waals surface area contributed by atoms with E-state index in [1.165, 1.54) is 11.8 Å². The summed E-state index contributed by atoms with van der Waals surface area (Å²) in [6.07, 6.45) is 2.09. The molecule has 3 aromatic rings. The number of hydrogen-bond acceptors (Lipinski definition) is 6. The van der Waals surface area contributed by atoms with Crippen LogP contribution in [0.15, 0.2) is 58.5 Å². The molecule has 1 amide bonds. The van der Waals surface area contributed by atoms with Gasteiger partial charge < -0.3 is 14.8 Å². The van der Waals surface area contributed by atoms with Crippen molar-refractivity contribution in [2.24, 2.45) is 0 Å². The fraction of sp³-hybridized carbons (Fsp3) is 0.318. The molecule has 0 spiro atoms. The van der Waals surface area contributed by atoms with Gasteiger partial charge in [-0.05, 0) is 49.2 Å². The first-order valence-electron chi connectivity index (χ1n) is 9.83. The van der Waals surface area contributed by atoms with Crippen molar-refractivity contribution in [3.63, 3.8) is 0 Å². The lowest BCUT2D eigenvalue weighted by Crippen LogP contribution is -2.33. The summed E-state index contributed by atoms with van der Waals surface area (Å²) in [6.45, 7) is 1.26. The number of methoxy groups -OCH3 is 1. The first kappa shape index (κ1) is 20.4.